The van der Waals surface area contributed by atoms with Crippen LogP contribution in [0.4, 0.5) is 10.8 Å². The number of ether oxygens (including phenoxy) is 1. The van der Waals surface area contributed by atoms with Crippen LogP contribution in [0.3, 0.4) is 0 Å². The highest BCUT2D eigenvalue weighted by molar-refractivity contribution is 7.14. The minimum absolute atomic E-state index is 0.0307. The molecule has 0 saturated carbocycles. The zero-order valence-electron chi connectivity index (χ0n) is 16.5. The van der Waals surface area contributed by atoms with Crippen LogP contribution in [-0.4, -0.2) is 26.6 Å². The largest absolute Gasteiger partial charge is 0.454 e. The molecule has 0 spiro atoms. The molecule has 0 saturated heterocycles. The van der Waals surface area contributed by atoms with E-state index in [4.69, 9.17) is 4.74 Å². The van der Waals surface area contributed by atoms with E-state index in [1.807, 2.05) is 32.0 Å². The van der Waals surface area contributed by atoms with E-state index in [1.165, 1.54) is 37.4 Å². The first-order valence-electron chi connectivity index (χ1n) is 8.80. The summed E-state index contributed by atoms with van der Waals surface area (Å²) >= 11 is 1.29. The number of carbonyl (C=O) groups excluding carboxylic acids is 2. The van der Waals surface area contributed by atoms with Crippen LogP contribution >= 0.6 is 11.3 Å². The summed E-state index contributed by atoms with van der Waals surface area (Å²) in [4.78, 5) is 41.8. The Kier molecular flexibility index (Phi) is 5.88. The maximum atomic E-state index is 12.3. The lowest BCUT2D eigenvalue weighted by Gasteiger charge is -2.20. The van der Waals surface area contributed by atoms with E-state index in [0.29, 0.717) is 10.8 Å². The molecule has 29 heavy (non-hydrogen) atoms. The van der Waals surface area contributed by atoms with Gasteiger partial charge in [0, 0.05) is 25.4 Å². The quantitative estimate of drug-likeness (QED) is 0.598. The summed E-state index contributed by atoms with van der Waals surface area (Å²) in [6.45, 7) is 5.34. The number of thiazole rings is 1. The minimum Gasteiger partial charge on any atom is -0.454 e. The minimum atomic E-state index is -0.659. The molecule has 0 atom stereocenters. The van der Waals surface area contributed by atoms with Gasteiger partial charge >= 0.3 is 5.97 Å². The van der Waals surface area contributed by atoms with E-state index >= 15 is 0 Å². The fraction of sp³-hybridized carbons (Fsp3) is 0.250. The number of aryl methyl sites for hydroxylation is 3. The topological polar surface area (TPSA) is 94.4 Å². The number of aromatic nitrogens is 3. The van der Waals surface area contributed by atoms with Gasteiger partial charge in [0.05, 0.1) is 11.4 Å². The third kappa shape index (κ3) is 4.57. The Labute approximate surface area is 171 Å². The standard InChI is InChI=1S/C20H20N4O4S/c1-12-5-7-17(13(2)9-12)24(14(3)25)20-21-15(11-29-20)10-28-19(27)16-6-8-18(26)23(4)22-16/h5-9,11H,10H2,1-4H3. The zero-order valence-corrected chi connectivity index (χ0v) is 17.3. The van der Waals surface area contributed by atoms with E-state index in [0.717, 1.165) is 21.5 Å². The van der Waals surface area contributed by atoms with Gasteiger partial charge in [0.15, 0.2) is 10.8 Å². The number of benzene rings is 1. The number of esters is 1. The third-order valence-corrected chi connectivity index (χ3v) is 5.03. The van der Waals surface area contributed by atoms with Crippen LogP contribution < -0.4 is 10.5 Å². The van der Waals surface area contributed by atoms with Crippen LogP contribution in [0.25, 0.3) is 0 Å². The summed E-state index contributed by atoms with van der Waals surface area (Å²) in [6.07, 6.45) is 0. The molecule has 0 radical (unpaired) electrons. The average molecular weight is 412 g/mol. The van der Waals surface area contributed by atoms with Gasteiger partial charge in [0.1, 0.15) is 6.61 Å². The molecule has 8 nitrogen and oxygen atoms in total. The van der Waals surface area contributed by atoms with Crippen molar-refractivity contribution < 1.29 is 14.3 Å². The van der Waals surface area contributed by atoms with Gasteiger partial charge in [0.25, 0.3) is 5.56 Å². The molecule has 9 heteroatoms. The molecular weight excluding hydrogens is 392 g/mol. The van der Waals surface area contributed by atoms with Gasteiger partial charge in [-0.3, -0.25) is 14.5 Å². The Hall–Kier alpha value is -3.33. The first-order valence-corrected chi connectivity index (χ1v) is 9.68. The van der Waals surface area contributed by atoms with Gasteiger partial charge in [0.2, 0.25) is 5.91 Å². The highest BCUT2D eigenvalue weighted by Crippen LogP contribution is 2.31. The number of hydrogen-bond donors (Lipinski definition) is 0. The van der Waals surface area contributed by atoms with Gasteiger partial charge in [-0.1, -0.05) is 17.7 Å². The summed E-state index contributed by atoms with van der Waals surface area (Å²) in [7, 11) is 1.45. The monoisotopic (exact) mass is 412 g/mol. The van der Waals surface area contributed by atoms with Gasteiger partial charge in [-0.15, -0.1) is 11.3 Å². The SMILES string of the molecule is CC(=O)N(c1nc(COC(=O)c2ccc(=O)n(C)n2)cs1)c1ccc(C)cc1C. The molecular formula is C20H20N4O4S. The molecule has 2 heterocycles. The molecule has 1 aromatic carbocycles. The molecule has 0 unspecified atom stereocenters. The summed E-state index contributed by atoms with van der Waals surface area (Å²) in [5.41, 5.74) is 3.05. The lowest BCUT2D eigenvalue weighted by atomic mass is 10.1. The van der Waals surface area contributed by atoms with Crippen LogP contribution in [0.1, 0.15) is 34.2 Å². The van der Waals surface area contributed by atoms with Gasteiger partial charge in [-0.05, 0) is 31.5 Å². The van der Waals surface area contributed by atoms with E-state index in [-0.39, 0.29) is 23.8 Å². The second-order valence-electron chi connectivity index (χ2n) is 6.52. The summed E-state index contributed by atoms with van der Waals surface area (Å²) in [6, 6.07) is 8.39. The fourth-order valence-corrected chi connectivity index (χ4v) is 3.62. The molecule has 2 aromatic heterocycles. The maximum absolute atomic E-state index is 12.3. The van der Waals surface area contributed by atoms with Crippen LogP contribution in [0.5, 0.6) is 0 Å². The van der Waals surface area contributed by atoms with E-state index in [9.17, 15) is 14.4 Å². The summed E-state index contributed by atoms with van der Waals surface area (Å²) in [5, 5.41) is 6.09. The molecule has 0 fully saturated rings. The Morgan fingerprint density at radius 3 is 2.62 bits per heavy atom. The first-order chi connectivity index (χ1) is 13.8. The van der Waals surface area contributed by atoms with Crippen LogP contribution in [0.2, 0.25) is 0 Å². The molecule has 1 amide bonds. The molecule has 0 aliphatic heterocycles. The lowest BCUT2D eigenvalue weighted by Crippen LogP contribution is -2.23. The molecule has 0 bridgehead atoms. The number of carbonyl (C=O) groups is 2. The second kappa shape index (κ2) is 8.36. The predicted octanol–water partition coefficient (Wildman–Crippen LogP) is 2.90. The summed E-state index contributed by atoms with van der Waals surface area (Å²) in [5.74, 6) is -0.822. The van der Waals surface area contributed by atoms with Gasteiger partial charge in [-0.2, -0.15) is 5.10 Å². The van der Waals surface area contributed by atoms with E-state index in [2.05, 4.69) is 10.1 Å². The molecule has 0 aliphatic rings. The highest BCUT2D eigenvalue weighted by atomic mass is 32.1. The van der Waals surface area contributed by atoms with Crippen molar-refractivity contribution in [3.05, 3.63) is 68.6 Å². The van der Waals surface area contributed by atoms with Crippen LogP contribution in [0.15, 0.2) is 40.5 Å². The first kappa shape index (κ1) is 20.4. The number of amides is 1. The molecule has 3 rings (SSSR count). The normalized spacial score (nSPS) is 10.6. The smallest absolute Gasteiger partial charge is 0.359 e. The number of anilines is 2. The molecule has 0 aliphatic carbocycles. The van der Waals surface area contributed by atoms with Crippen molar-refractivity contribution in [2.45, 2.75) is 27.4 Å². The van der Waals surface area contributed by atoms with Crippen LogP contribution in [-0.2, 0) is 23.2 Å². The third-order valence-electron chi connectivity index (χ3n) is 4.16. The number of hydrogen-bond acceptors (Lipinski definition) is 7. The fourth-order valence-electron chi connectivity index (χ4n) is 2.75. The van der Waals surface area contributed by atoms with Crippen molar-refractivity contribution in [1.82, 2.24) is 14.8 Å². The zero-order chi connectivity index (χ0) is 21.1. The van der Waals surface area contributed by atoms with E-state index < -0.39 is 5.97 Å². The Morgan fingerprint density at radius 2 is 1.97 bits per heavy atom. The number of rotatable bonds is 5. The number of nitrogens with zero attached hydrogens (tertiary/aromatic N) is 4. The van der Waals surface area contributed by atoms with Crippen LogP contribution in [0, 0.1) is 13.8 Å². The van der Waals surface area contributed by atoms with Gasteiger partial charge < -0.3 is 4.74 Å². The Morgan fingerprint density at radius 1 is 1.21 bits per heavy atom. The van der Waals surface area contributed by atoms with Crippen molar-refractivity contribution in [1.29, 1.82) is 0 Å². The van der Waals surface area contributed by atoms with E-state index in [1.54, 1.807) is 10.3 Å². The van der Waals surface area contributed by atoms with Crippen molar-refractivity contribution >= 4 is 34.0 Å². The predicted molar refractivity (Wildman–Crippen MR) is 109 cm³/mol. The second-order valence-corrected chi connectivity index (χ2v) is 7.36. The molecule has 150 valence electrons. The van der Waals surface area contributed by atoms with Crippen molar-refractivity contribution in [3.63, 3.8) is 0 Å². The Balaban J connectivity index is 1.76. The lowest BCUT2D eigenvalue weighted by molar-refractivity contribution is -0.115. The Bertz CT molecular complexity index is 1140. The van der Waals surface area contributed by atoms with Crippen molar-refractivity contribution in [3.8, 4) is 0 Å². The average Bonchev–Trinajstić information content (AvgIpc) is 3.12. The molecule has 3 aromatic rings. The highest BCUT2D eigenvalue weighted by Gasteiger charge is 2.20. The van der Waals surface area contributed by atoms with Crippen molar-refractivity contribution in [2.75, 3.05) is 4.90 Å². The molecule has 0 N–H and O–H groups in total. The van der Waals surface area contributed by atoms with Crippen molar-refractivity contribution in [2.24, 2.45) is 7.05 Å². The maximum Gasteiger partial charge on any atom is 0.359 e. The summed E-state index contributed by atoms with van der Waals surface area (Å²) < 4.78 is 6.29. The van der Waals surface area contributed by atoms with Gasteiger partial charge in [-0.25, -0.2) is 14.5 Å².